The topological polar surface area (TPSA) is 70.1 Å². The number of hydrogen-bond donors (Lipinski definition) is 2. The van der Waals surface area contributed by atoms with Crippen molar-refractivity contribution in [3.63, 3.8) is 0 Å². The van der Waals surface area contributed by atoms with Gasteiger partial charge in [-0.25, -0.2) is 17.6 Å². The molecule has 0 spiro atoms. The van der Waals surface area contributed by atoms with E-state index < -0.39 is 42.0 Å². The largest absolute Gasteiger partial charge is 0.481 e. The molecule has 2 rings (SSSR count). The molecule has 1 saturated heterocycles. The lowest BCUT2D eigenvalue weighted by molar-refractivity contribution is -0.261. The molecule has 86 valence electrons. The first-order chi connectivity index (χ1) is 6.74. The number of carboxylic acids is 1. The minimum absolute atomic E-state index is 1.53. The van der Waals surface area contributed by atoms with Crippen molar-refractivity contribution < 1.29 is 37.3 Å². The Morgan fingerprint density at radius 1 is 1.40 bits per heavy atom. The van der Waals surface area contributed by atoms with Crippen molar-refractivity contribution in [3.8, 4) is 0 Å². The number of hydrogen-bond acceptors (Lipinski definition) is 3. The molecule has 0 bridgehead atoms. The van der Waals surface area contributed by atoms with Crippen LogP contribution < -0.4 is 0 Å². The zero-order valence-electron chi connectivity index (χ0n) is 7.03. The third-order valence-corrected chi connectivity index (χ3v) is 2.82. The van der Waals surface area contributed by atoms with E-state index in [0.29, 0.717) is 0 Å². The molecule has 1 heterocycles. The van der Waals surface area contributed by atoms with E-state index in [2.05, 4.69) is 4.74 Å². The Hall–Kier alpha value is -0.890. The molecule has 0 aromatic carbocycles. The number of ether oxygens (including phenoxy) is 1. The molecule has 4 atom stereocenters. The van der Waals surface area contributed by atoms with Gasteiger partial charge in [-0.05, 0) is 0 Å². The molecule has 4 unspecified atom stereocenters. The molecule has 2 N–H and O–H groups in total. The maximum absolute atomic E-state index is 13.2. The second-order valence-corrected chi connectivity index (χ2v) is 3.59. The van der Waals surface area contributed by atoms with Gasteiger partial charge < -0.3 is 14.9 Å². The van der Waals surface area contributed by atoms with Gasteiger partial charge in [0.15, 0.2) is 6.10 Å². The van der Waals surface area contributed by atoms with Crippen LogP contribution in [-0.4, -0.2) is 46.3 Å². The first-order valence-electron chi connectivity index (χ1n) is 4.01. The Labute approximate surface area is 80.4 Å². The summed E-state index contributed by atoms with van der Waals surface area (Å²) in [5.74, 6) is -8.45. The highest BCUT2D eigenvalue weighted by Gasteiger charge is 2.85. The van der Waals surface area contributed by atoms with Crippen molar-refractivity contribution in [1.29, 1.82) is 0 Å². The highest BCUT2D eigenvalue weighted by molar-refractivity contribution is 5.75. The van der Waals surface area contributed by atoms with Crippen LogP contribution in [0.2, 0.25) is 0 Å². The summed E-state index contributed by atoms with van der Waals surface area (Å²) in [4.78, 5) is 10.5. The number of aliphatic carboxylic acids is 1. The second kappa shape index (κ2) is 2.62. The fourth-order valence-electron chi connectivity index (χ4n) is 1.96. The normalized spacial score (nSPS) is 46.7. The molecule has 0 amide bonds. The lowest BCUT2D eigenvalue weighted by Crippen LogP contribution is -2.59. The summed E-state index contributed by atoms with van der Waals surface area (Å²) >= 11 is 0. The molecular formula is C7H6F4O4. The molecule has 2 fully saturated rings. The van der Waals surface area contributed by atoms with E-state index in [4.69, 9.17) is 10.2 Å². The van der Waals surface area contributed by atoms with Gasteiger partial charge in [-0.1, -0.05) is 0 Å². The molecule has 0 aromatic heterocycles. The van der Waals surface area contributed by atoms with Gasteiger partial charge in [0.2, 0.25) is 5.60 Å². The van der Waals surface area contributed by atoms with E-state index in [1.165, 1.54) is 0 Å². The van der Waals surface area contributed by atoms with Crippen LogP contribution in [0.3, 0.4) is 0 Å². The van der Waals surface area contributed by atoms with Crippen LogP contribution in [0.15, 0.2) is 0 Å². The van der Waals surface area contributed by atoms with E-state index >= 15 is 0 Å². The van der Waals surface area contributed by atoms with Crippen LogP contribution in [0, 0.1) is 5.92 Å². The van der Waals surface area contributed by atoms with Gasteiger partial charge >= 0.3 is 11.9 Å². The minimum Gasteiger partial charge on any atom is -0.481 e. The van der Waals surface area contributed by atoms with Gasteiger partial charge in [-0.3, -0.25) is 4.79 Å². The number of carbonyl (C=O) groups is 1. The Bertz CT molecular complexity index is 320. The van der Waals surface area contributed by atoms with Gasteiger partial charge in [0.25, 0.3) is 6.43 Å². The molecule has 0 radical (unpaired) electrons. The summed E-state index contributed by atoms with van der Waals surface area (Å²) in [5, 5.41) is 17.7. The van der Waals surface area contributed by atoms with E-state index in [0.717, 1.165) is 0 Å². The molecule has 1 aliphatic heterocycles. The van der Waals surface area contributed by atoms with Crippen molar-refractivity contribution >= 4 is 5.97 Å². The van der Waals surface area contributed by atoms with E-state index in [1.807, 2.05) is 0 Å². The second-order valence-electron chi connectivity index (χ2n) is 3.59. The first kappa shape index (κ1) is 10.6. The molecule has 1 saturated carbocycles. The van der Waals surface area contributed by atoms with E-state index in [9.17, 15) is 22.4 Å². The molecule has 2 aliphatic rings. The number of epoxide rings is 1. The summed E-state index contributed by atoms with van der Waals surface area (Å²) in [5.41, 5.74) is -3.84. The average Bonchev–Trinajstić information content (AvgIpc) is 2.79. The van der Waals surface area contributed by atoms with Crippen molar-refractivity contribution in [1.82, 2.24) is 0 Å². The fraction of sp³-hybridized carbons (Fsp3) is 0.857. The SMILES string of the molecule is O=C(O)C1C2OC2C(F)(F)C1(O)C(F)F. The Morgan fingerprint density at radius 2 is 1.93 bits per heavy atom. The molecule has 15 heavy (non-hydrogen) atoms. The monoisotopic (exact) mass is 230 g/mol. The number of rotatable bonds is 2. The van der Waals surface area contributed by atoms with Gasteiger partial charge in [0.1, 0.15) is 12.0 Å². The van der Waals surface area contributed by atoms with Crippen molar-refractivity contribution in [2.75, 3.05) is 0 Å². The number of halogens is 4. The molecular weight excluding hydrogens is 224 g/mol. The molecule has 1 aliphatic carbocycles. The Kier molecular flexibility index (Phi) is 1.85. The van der Waals surface area contributed by atoms with Crippen molar-refractivity contribution in [2.45, 2.75) is 30.2 Å². The van der Waals surface area contributed by atoms with Crippen LogP contribution in [0.5, 0.6) is 0 Å². The Balaban J connectivity index is 2.45. The lowest BCUT2D eigenvalue weighted by atomic mass is 9.88. The van der Waals surface area contributed by atoms with Gasteiger partial charge in [-0.2, -0.15) is 0 Å². The maximum Gasteiger partial charge on any atom is 0.312 e. The summed E-state index contributed by atoms with van der Waals surface area (Å²) in [6.45, 7) is 0. The third-order valence-electron chi connectivity index (χ3n) is 2.82. The van der Waals surface area contributed by atoms with Crippen LogP contribution in [-0.2, 0) is 9.53 Å². The van der Waals surface area contributed by atoms with Crippen LogP contribution in [0.25, 0.3) is 0 Å². The molecule has 8 heteroatoms. The zero-order valence-corrected chi connectivity index (χ0v) is 7.03. The standard InChI is InChI=1S/C7H6F4O4/c8-5(9)6(14)1(4(12)13)2-3(15-2)7(6,10)11/h1-3,5,14H,(H,12,13). The fourth-order valence-corrected chi connectivity index (χ4v) is 1.96. The molecule has 4 nitrogen and oxygen atoms in total. The summed E-state index contributed by atoms with van der Waals surface area (Å²) in [6.07, 6.45) is -7.29. The summed E-state index contributed by atoms with van der Waals surface area (Å²) in [6, 6.07) is 0. The maximum atomic E-state index is 13.2. The number of fused-ring (bicyclic) bond motifs is 1. The number of alkyl halides is 4. The zero-order chi connectivity index (χ0) is 11.6. The quantitative estimate of drug-likeness (QED) is 0.521. The van der Waals surface area contributed by atoms with E-state index in [1.54, 1.807) is 0 Å². The van der Waals surface area contributed by atoms with E-state index in [-0.39, 0.29) is 0 Å². The highest BCUT2D eigenvalue weighted by atomic mass is 19.3. The minimum atomic E-state index is -4.24. The first-order valence-corrected chi connectivity index (χ1v) is 4.01. The molecule has 0 aromatic rings. The number of aliphatic hydroxyl groups is 1. The van der Waals surface area contributed by atoms with Gasteiger partial charge in [0.05, 0.1) is 0 Å². The summed E-state index contributed by atoms with van der Waals surface area (Å²) in [7, 11) is 0. The van der Waals surface area contributed by atoms with Crippen LogP contribution in [0.1, 0.15) is 0 Å². The average molecular weight is 230 g/mol. The van der Waals surface area contributed by atoms with Crippen molar-refractivity contribution in [2.24, 2.45) is 5.92 Å². The smallest absolute Gasteiger partial charge is 0.312 e. The van der Waals surface area contributed by atoms with Crippen LogP contribution in [0.4, 0.5) is 17.6 Å². The van der Waals surface area contributed by atoms with Gasteiger partial charge in [-0.15, -0.1) is 0 Å². The van der Waals surface area contributed by atoms with Crippen LogP contribution >= 0.6 is 0 Å². The predicted octanol–water partition coefficient (Wildman–Crippen LogP) is 0.0997. The van der Waals surface area contributed by atoms with Gasteiger partial charge in [0, 0.05) is 0 Å². The Morgan fingerprint density at radius 3 is 2.27 bits per heavy atom. The lowest BCUT2D eigenvalue weighted by Gasteiger charge is -2.33. The van der Waals surface area contributed by atoms with Crippen molar-refractivity contribution in [3.05, 3.63) is 0 Å². The summed E-state index contributed by atoms with van der Waals surface area (Å²) < 4.78 is 55.4. The predicted molar refractivity (Wildman–Crippen MR) is 35.7 cm³/mol. The number of carboxylic acid groups (broad SMARTS) is 1. The third kappa shape index (κ3) is 1.01. The highest BCUT2D eigenvalue weighted by Crippen LogP contribution is 2.60.